The van der Waals surface area contributed by atoms with E-state index < -0.39 is 17.9 Å². The Balaban J connectivity index is 2.38. The lowest BCUT2D eigenvalue weighted by molar-refractivity contribution is -0.274. The van der Waals surface area contributed by atoms with Crippen LogP contribution in [0.4, 0.5) is 19.0 Å². The predicted molar refractivity (Wildman–Crippen MR) is 72.5 cm³/mol. The van der Waals surface area contributed by atoms with Crippen molar-refractivity contribution in [2.45, 2.75) is 20.2 Å². The summed E-state index contributed by atoms with van der Waals surface area (Å²) >= 11 is 0. The molecule has 0 atom stereocenters. The lowest BCUT2D eigenvalue weighted by atomic mass is 10.1. The van der Waals surface area contributed by atoms with E-state index in [4.69, 9.17) is 5.73 Å². The van der Waals surface area contributed by atoms with E-state index in [1.54, 1.807) is 13.8 Å². The molecule has 1 heterocycles. The van der Waals surface area contributed by atoms with Gasteiger partial charge in [-0.15, -0.1) is 13.2 Å². The second-order valence-electron chi connectivity index (χ2n) is 4.53. The Hall–Kier alpha value is -2.64. The van der Waals surface area contributed by atoms with Crippen LogP contribution in [0, 0.1) is 13.8 Å². The number of alkyl halides is 3. The van der Waals surface area contributed by atoms with Crippen molar-refractivity contribution in [2.24, 2.45) is 0 Å². The number of halogens is 3. The van der Waals surface area contributed by atoms with Gasteiger partial charge in [0.15, 0.2) is 11.5 Å². The fourth-order valence-corrected chi connectivity index (χ4v) is 1.76. The molecule has 1 aromatic heterocycles. The lowest BCUT2D eigenvalue weighted by Gasteiger charge is -2.10. The summed E-state index contributed by atoms with van der Waals surface area (Å²) in [6.07, 6.45) is -4.83. The Bertz CT molecular complexity index is 730. The van der Waals surface area contributed by atoms with Gasteiger partial charge in [0.05, 0.1) is 11.4 Å². The highest BCUT2D eigenvalue weighted by molar-refractivity contribution is 6.10. The van der Waals surface area contributed by atoms with Crippen molar-refractivity contribution in [2.75, 3.05) is 5.73 Å². The van der Waals surface area contributed by atoms with Crippen LogP contribution in [-0.4, -0.2) is 22.1 Å². The third kappa shape index (κ3) is 3.51. The SMILES string of the molecule is Cc1nc(N)c(C(=O)c2cccc(OC(F)(F)F)c2)nc1C. The number of benzene rings is 1. The van der Waals surface area contributed by atoms with Crippen molar-refractivity contribution in [3.05, 3.63) is 46.9 Å². The van der Waals surface area contributed by atoms with Crippen LogP contribution >= 0.6 is 0 Å². The van der Waals surface area contributed by atoms with E-state index >= 15 is 0 Å². The molecular weight excluding hydrogens is 299 g/mol. The number of aryl methyl sites for hydroxylation is 2. The van der Waals surface area contributed by atoms with Crippen LogP contribution in [0.25, 0.3) is 0 Å². The quantitative estimate of drug-likeness (QED) is 0.882. The molecule has 2 rings (SSSR count). The van der Waals surface area contributed by atoms with E-state index in [0.29, 0.717) is 11.4 Å². The molecular formula is C14H12F3N3O2. The van der Waals surface area contributed by atoms with E-state index in [0.717, 1.165) is 12.1 Å². The van der Waals surface area contributed by atoms with Gasteiger partial charge < -0.3 is 10.5 Å². The van der Waals surface area contributed by atoms with Crippen molar-refractivity contribution >= 4 is 11.6 Å². The van der Waals surface area contributed by atoms with E-state index in [1.807, 2.05) is 0 Å². The Morgan fingerprint density at radius 1 is 1.18 bits per heavy atom. The molecule has 0 fully saturated rings. The maximum atomic E-state index is 12.3. The normalized spacial score (nSPS) is 11.3. The molecule has 116 valence electrons. The van der Waals surface area contributed by atoms with Gasteiger partial charge in [0.25, 0.3) is 0 Å². The lowest BCUT2D eigenvalue weighted by Crippen LogP contribution is -2.17. The average molecular weight is 311 g/mol. The van der Waals surface area contributed by atoms with Gasteiger partial charge in [0.2, 0.25) is 5.78 Å². The zero-order chi connectivity index (χ0) is 16.5. The third-order valence-electron chi connectivity index (χ3n) is 2.88. The highest BCUT2D eigenvalue weighted by Gasteiger charge is 2.31. The average Bonchev–Trinajstić information content (AvgIpc) is 2.40. The predicted octanol–water partition coefficient (Wildman–Crippen LogP) is 2.81. The molecule has 0 saturated carbocycles. The van der Waals surface area contributed by atoms with Crippen molar-refractivity contribution in [3.63, 3.8) is 0 Å². The van der Waals surface area contributed by atoms with Crippen LogP contribution in [-0.2, 0) is 0 Å². The Labute approximate surface area is 123 Å². The van der Waals surface area contributed by atoms with E-state index in [9.17, 15) is 18.0 Å². The van der Waals surface area contributed by atoms with Crippen LogP contribution in [0.1, 0.15) is 27.4 Å². The minimum absolute atomic E-state index is 0.0222. The molecule has 1 aromatic carbocycles. The van der Waals surface area contributed by atoms with Crippen molar-refractivity contribution in [1.29, 1.82) is 0 Å². The largest absolute Gasteiger partial charge is 0.573 e. The zero-order valence-electron chi connectivity index (χ0n) is 11.7. The molecule has 0 aliphatic rings. The second kappa shape index (κ2) is 5.63. The Kier molecular flexibility index (Phi) is 4.03. The van der Waals surface area contributed by atoms with Crippen LogP contribution in [0.3, 0.4) is 0 Å². The number of ether oxygens (including phenoxy) is 1. The molecule has 0 radical (unpaired) electrons. The summed E-state index contributed by atoms with van der Waals surface area (Å²) in [5, 5.41) is 0. The van der Waals surface area contributed by atoms with Crippen molar-refractivity contribution in [1.82, 2.24) is 9.97 Å². The third-order valence-corrected chi connectivity index (χ3v) is 2.88. The van der Waals surface area contributed by atoms with E-state index in [1.165, 1.54) is 12.1 Å². The first-order valence-corrected chi connectivity index (χ1v) is 6.18. The van der Waals surface area contributed by atoms with Gasteiger partial charge in [0, 0.05) is 5.56 Å². The molecule has 22 heavy (non-hydrogen) atoms. The molecule has 2 aromatic rings. The van der Waals surface area contributed by atoms with Crippen LogP contribution in [0.5, 0.6) is 5.75 Å². The van der Waals surface area contributed by atoms with Gasteiger partial charge in [-0.25, -0.2) is 9.97 Å². The summed E-state index contributed by atoms with van der Waals surface area (Å²) in [6.45, 7) is 3.34. The minimum atomic E-state index is -4.83. The number of ketones is 1. The number of carbonyl (C=O) groups is 1. The van der Waals surface area contributed by atoms with E-state index in [-0.39, 0.29) is 17.1 Å². The van der Waals surface area contributed by atoms with E-state index in [2.05, 4.69) is 14.7 Å². The summed E-state index contributed by atoms with van der Waals surface area (Å²) in [4.78, 5) is 20.4. The zero-order valence-corrected chi connectivity index (χ0v) is 11.7. The molecule has 0 spiro atoms. The number of hydrogen-bond acceptors (Lipinski definition) is 5. The van der Waals surface area contributed by atoms with Crippen molar-refractivity contribution in [3.8, 4) is 5.75 Å². The van der Waals surface area contributed by atoms with Gasteiger partial charge in [-0.3, -0.25) is 4.79 Å². The highest BCUT2D eigenvalue weighted by atomic mass is 19.4. The number of nitrogens with two attached hydrogens (primary N) is 1. The second-order valence-corrected chi connectivity index (χ2v) is 4.53. The maximum absolute atomic E-state index is 12.3. The number of nitrogen functional groups attached to an aromatic ring is 1. The topological polar surface area (TPSA) is 78.1 Å². The summed E-state index contributed by atoms with van der Waals surface area (Å²) in [5.41, 5.74) is 6.62. The first kappa shape index (κ1) is 15.7. The number of rotatable bonds is 3. The fraction of sp³-hybridized carbons (Fsp3) is 0.214. The van der Waals surface area contributed by atoms with Crippen LogP contribution in [0.2, 0.25) is 0 Å². The maximum Gasteiger partial charge on any atom is 0.573 e. The van der Waals surface area contributed by atoms with Crippen molar-refractivity contribution < 1.29 is 22.7 Å². The molecule has 5 nitrogen and oxygen atoms in total. The van der Waals surface area contributed by atoms with Crippen LogP contribution < -0.4 is 10.5 Å². The van der Waals surface area contributed by atoms with Gasteiger partial charge in [-0.2, -0.15) is 0 Å². The smallest absolute Gasteiger partial charge is 0.406 e. The first-order valence-electron chi connectivity index (χ1n) is 6.18. The molecule has 8 heteroatoms. The van der Waals surface area contributed by atoms with Gasteiger partial charge in [0.1, 0.15) is 5.75 Å². The molecule has 0 aliphatic heterocycles. The monoisotopic (exact) mass is 311 g/mol. The molecule has 0 unspecified atom stereocenters. The Morgan fingerprint density at radius 3 is 2.45 bits per heavy atom. The summed E-state index contributed by atoms with van der Waals surface area (Å²) in [5.74, 6) is -1.19. The molecule has 0 bridgehead atoms. The number of anilines is 1. The fourth-order valence-electron chi connectivity index (χ4n) is 1.76. The molecule has 0 amide bonds. The number of hydrogen-bond donors (Lipinski definition) is 1. The minimum Gasteiger partial charge on any atom is -0.406 e. The number of nitrogens with zero attached hydrogens (tertiary/aromatic N) is 2. The Morgan fingerprint density at radius 2 is 1.82 bits per heavy atom. The van der Waals surface area contributed by atoms with Gasteiger partial charge in [-0.05, 0) is 26.0 Å². The molecule has 2 N–H and O–H groups in total. The number of aromatic nitrogens is 2. The van der Waals surface area contributed by atoms with Gasteiger partial charge in [-0.1, -0.05) is 12.1 Å². The van der Waals surface area contributed by atoms with Crippen LogP contribution in [0.15, 0.2) is 24.3 Å². The number of carbonyl (C=O) groups excluding carboxylic acids is 1. The van der Waals surface area contributed by atoms with Gasteiger partial charge >= 0.3 is 6.36 Å². The summed E-state index contributed by atoms with van der Waals surface area (Å²) in [6, 6.07) is 4.70. The standard InChI is InChI=1S/C14H12F3N3O2/c1-7-8(2)20-13(18)11(19-7)12(21)9-4-3-5-10(6-9)22-14(15,16)17/h3-6H,1-2H3,(H2,18,20). The molecule has 0 aliphatic carbocycles. The highest BCUT2D eigenvalue weighted by Crippen LogP contribution is 2.24. The summed E-state index contributed by atoms with van der Waals surface area (Å²) in [7, 11) is 0. The summed E-state index contributed by atoms with van der Waals surface area (Å²) < 4.78 is 40.4. The molecule has 0 saturated heterocycles. The first-order chi connectivity index (χ1) is 10.2.